The molecule has 0 fully saturated rings. The number of pyridine rings is 1. The molecule has 0 N–H and O–H groups in total. The van der Waals surface area contributed by atoms with Gasteiger partial charge in [-0.1, -0.05) is 54.1 Å². The van der Waals surface area contributed by atoms with Crippen molar-refractivity contribution in [2.75, 3.05) is 0 Å². The van der Waals surface area contributed by atoms with Crippen molar-refractivity contribution in [3.8, 4) is 17.5 Å². The van der Waals surface area contributed by atoms with E-state index in [1.54, 1.807) is 0 Å². The third-order valence-electron chi connectivity index (χ3n) is 3.71. The van der Waals surface area contributed by atoms with E-state index in [0.29, 0.717) is 10.7 Å². The summed E-state index contributed by atoms with van der Waals surface area (Å²) in [6.45, 7) is 0. The van der Waals surface area contributed by atoms with Crippen LogP contribution in [-0.4, -0.2) is 9.38 Å². The Bertz CT molecular complexity index is 1040. The van der Waals surface area contributed by atoms with Gasteiger partial charge in [0.05, 0.1) is 11.0 Å². The van der Waals surface area contributed by atoms with Gasteiger partial charge in [-0.3, -0.25) is 4.40 Å². The lowest BCUT2D eigenvalue weighted by Crippen LogP contribution is -1.92. The molecule has 104 valence electrons. The van der Waals surface area contributed by atoms with E-state index < -0.39 is 0 Å². The molecule has 0 unspecified atom stereocenters. The zero-order valence-electron chi connectivity index (χ0n) is 11.5. The lowest BCUT2D eigenvalue weighted by molar-refractivity contribution is 1.21. The van der Waals surface area contributed by atoms with Gasteiger partial charge < -0.3 is 0 Å². The van der Waals surface area contributed by atoms with Crippen LogP contribution in [0.4, 0.5) is 0 Å². The minimum atomic E-state index is 0.417. The van der Waals surface area contributed by atoms with E-state index in [-0.39, 0.29) is 0 Å². The highest BCUT2D eigenvalue weighted by Crippen LogP contribution is 2.28. The van der Waals surface area contributed by atoms with Gasteiger partial charge in [0.25, 0.3) is 0 Å². The maximum Gasteiger partial charge on any atom is 0.166 e. The second kappa shape index (κ2) is 4.87. The molecule has 0 aliphatic heterocycles. The first kappa shape index (κ1) is 12.9. The Morgan fingerprint density at radius 2 is 1.73 bits per heavy atom. The molecule has 0 spiro atoms. The van der Waals surface area contributed by atoms with E-state index in [4.69, 9.17) is 11.6 Å². The van der Waals surface area contributed by atoms with Crippen molar-refractivity contribution in [3.05, 3.63) is 71.4 Å². The van der Waals surface area contributed by atoms with E-state index in [0.717, 1.165) is 27.8 Å². The van der Waals surface area contributed by atoms with Crippen LogP contribution in [0.15, 0.2) is 60.7 Å². The lowest BCUT2D eigenvalue weighted by atomic mass is 10.2. The molecule has 0 saturated carbocycles. The molecule has 2 aromatic heterocycles. The average Bonchev–Trinajstić information content (AvgIpc) is 2.95. The molecule has 4 rings (SSSR count). The maximum atomic E-state index is 9.37. The quantitative estimate of drug-likeness (QED) is 0.512. The summed E-state index contributed by atoms with van der Waals surface area (Å²) in [4.78, 5) is 4.52. The van der Waals surface area contributed by atoms with Crippen molar-refractivity contribution >= 4 is 28.0 Å². The number of hydrogen-bond donors (Lipinski definition) is 0. The van der Waals surface area contributed by atoms with Crippen LogP contribution in [0.2, 0.25) is 5.02 Å². The minimum Gasteiger partial charge on any atom is -0.291 e. The van der Waals surface area contributed by atoms with Gasteiger partial charge in [-0.05, 0) is 23.6 Å². The molecule has 0 aliphatic carbocycles. The van der Waals surface area contributed by atoms with Crippen LogP contribution in [-0.2, 0) is 0 Å². The second-order valence-electron chi connectivity index (χ2n) is 5.02. The second-order valence-corrected chi connectivity index (χ2v) is 5.46. The first-order chi connectivity index (χ1) is 10.8. The molecule has 22 heavy (non-hydrogen) atoms. The van der Waals surface area contributed by atoms with Gasteiger partial charge in [-0.15, -0.1) is 0 Å². The van der Waals surface area contributed by atoms with Crippen LogP contribution in [0, 0.1) is 11.3 Å². The Balaban J connectivity index is 2.21. The lowest BCUT2D eigenvalue weighted by Gasteiger charge is -2.06. The van der Waals surface area contributed by atoms with E-state index in [2.05, 4.69) is 11.1 Å². The van der Waals surface area contributed by atoms with E-state index in [9.17, 15) is 5.26 Å². The van der Waals surface area contributed by atoms with E-state index >= 15 is 0 Å². The molecule has 0 saturated heterocycles. The van der Waals surface area contributed by atoms with Crippen molar-refractivity contribution in [1.29, 1.82) is 5.26 Å². The molecule has 0 radical (unpaired) electrons. The van der Waals surface area contributed by atoms with Gasteiger partial charge >= 0.3 is 0 Å². The molecule has 4 aromatic rings. The smallest absolute Gasteiger partial charge is 0.166 e. The fourth-order valence-electron chi connectivity index (χ4n) is 2.71. The highest BCUT2D eigenvalue weighted by Gasteiger charge is 2.14. The fraction of sp³-hybridized carbons (Fsp3) is 0. The normalized spacial score (nSPS) is 10.9. The molecular formula is C18H10ClN3. The highest BCUT2D eigenvalue weighted by molar-refractivity contribution is 6.31. The summed E-state index contributed by atoms with van der Waals surface area (Å²) in [5.74, 6) is 0.750. The summed E-state index contributed by atoms with van der Waals surface area (Å²) in [6, 6.07) is 21.7. The third-order valence-corrected chi connectivity index (χ3v) is 3.94. The molecule has 3 nitrogen and oxygen atoms in total. The number of halogens is 1. The number of nitrogens with zero attached hydrogens (tertiary/aromatic N) is 3. The standard InChI is InChI=1S/C18H10ClN3/c19-14-8-6-12-7-9-16-15(11-20)21-18(22(16)17(12)10-14)13-4-2-1-3-5-13/h1-10H. The van der Waals surface area contributed by atoms with Crippen molar-refractivity contribution in [3.63, 3.8) is 0 Å². The molecule has 2 aromatic carbocycles. The summed E-state index contributed by atoms with van der Waals surface area (Å²) >= 11 is 6.16. The molecule has 0 aliphatic rings. The van der Waals surface area contributed by atoms with Crippen LogP contribution in [0.1, 0.15) is 5.69 Å². The number of hydrogen-bond acceptors (Lipinski definition) is 2. The van der Waals surface area contributed by atoms with Gasteiger partial charge in [-0.2, -0.15) is 5.26 Å². The topological polar surface area (TPSA) is 41.1 Å². The largest absolute Gasteiger partial charge is 0.291 e. The molecule has 4 heteroatoms. The Morgan fingerprint density at radius 1 is 0.955 bits per heavy atom. The number of fused-ring (bicyclic) bond motifs is 3. The Hall–Kier alpha value is -2.83. The zero-order chi connectivity index (χ0) is 15.1. The SMILES string of the molecule is N#Cc1nc(-c2ccccc2)n2c1ccc1ccc(Cl)cc12. The number of rotatable bonds is 1. The van der Waals surface area contributed by atoms with Crippen molar-refractivity contribution < 1.29 is 0 Å². The Kier molecular flexibility index (Phi) is 2.85. The third kappa shape index (κ3) is 1.86. The minimum absolute atomic E-state index is 0.417. The van der Waals surface area contributed by atoms with Crippen molar-refractivity contribution in [1.82, 2.24) is 9.38 Å². The van der Waals surface area contributed by atoms with Crippen LogP contribution >= 0.6 is 11.6 Å². The maximum absolute atomic E-state index is 9.37. The van der Waals surface area contributed by atoms with Gasteiger partial charge in [0.1, 0.15) is 11.9 Å². The predicted molar refractivity (Wildman–Crippen MR) is 87.9 cm³/mol. The van der Waals surface area contributed by atoms with Gasteiger partial charge in [0.2, 0.25) is 0 Å². The van der Waals surface area contributed by atoms with E-state index in [1.165, 1.54) is 0 Å². The Morgan fingerprint density at radius 3 is 2.50 bits per heavy atom. The van der Waals surface area contributed by atoms with Crippen molar-refractivity contribution in [2.24, 2.45) is 0 Å². The summed E-state index contributed by atoms with van der Waals surface area (Å²) < 4.78 is 2.00. The monoisotopic (exact) mass is 303 g/mol. The van der Waals surface area contributed by atoms with Crippen LogP contribution in [0.5, 0.6) is 0 Å². The fourth-order valence-corrected chi connectivity index (χ4v) is 2.88. The zero-order valence-corrected chi connectivity index (χ0v) is 12.2. The summed E-state index contributed by atoms with van der Waals surface area (Å²) in [6.07, 6.45) is 0. The average molecular weight is 304 g/mol. The molecule has 0 amide bonds. The van der Waals surface area contributed by atoms with Gasteiger partial charge in [0.15, 0.2) is 5.69 Å². The van der Waals surface area contributed by atoms with Gasteiger partial charge in [-0.25, -0.2) is 4.98 Å². The predicted octanol–water partition coefficient (Wildman–Crippen LogP) is 4.68. The summed E-state index contributed by atoms with van der Waals surface area (Å²) in [7, 11) is 0. The van der Waals surface area contributed by atoms with Crippen LogP contribution < -0.4 is 0 Å². The van der Waals surface area contributed by atoms with Gasteiger partial charge in [0, 0.05) is 10.6 Å². The number of aromatic nitrogens is 2. The van der Waals surface area contributed by atoms with Crippen LogP contribution in [0.25, 0.3) is 27.8 Å². The number of nitriles is 1. The highest BCUT2D eigenvalue weighted by atomic mass is 35.5. The molecular weight excluding hydrogens is 294 g/mol. The number of benzene rings is 2. The molecule has 0 atom stereocenters. The first-order valence-corrected chi connectivity index (χ1v) is 7.22. The summed E-state index contributed by atoms with van der Waals surface area (Å²) in [5, 5.41) is 11.1. The van der Waals surface area contributed by atoms with Crippen molar-refractivity contribution in [2.45, 2.75) is 0 Å². The molecule has 2 heterocycles. The Labute approximate surface area is 132 Å². The first-order valence-electron chi connectivity index (χ1n) is 6.84. The van der Waals surface area contributed by atoms with Crippen LogP contribution in [0.3, 0.4) is 0 Å². The summed E-state index contributed by atoms with van der Waals surface area (Å²) in [5.41, 5.74) is 3.11. The molecule has 0 bridgehead atoms. The number of imidazole rings is 1. The van der Waals surface area contributed by atoms with E-state index in [1.807, 2.05) is 65.1 Å².